The number of nitrogens with one attached hydrogen (secondary N) is 2. The van der Waals surface area contributed by atoms with Gasteiger partial charge in [-0.05, 0) is 48.7 Å². The molecule has 0 spiro atoms. The van der Waals surface area contributed by atoms with Gasteiger partial charge in [0.1, 0.15) is 5.82 Å². The Morgan fingerprint density at radius 1 is 1.11 bits per heavy atom. The minimum Gasteiger partial charge on any atom is -0.490 e. The van der Waals surface area contributed by atoms with Crippen molar-refractivity contribution in [2.75, 3.05) is 30.1 Å². The number of aldehydes is 2. The van der Waals surface area contributed by atoms with Gasteiger partial charge in [0.2, 0.25) is 0 Å². The maximum atomic E-state index is 14.5. The van der Waals surface area contributed by atoms with Gasteiger partial charge in [0.15, 0.2) is 35.3 Å². The van der Waals surface area contributed by atoms with E-state index in [9.17, 15) is 23.2 Å². The number of halogens is 2. The highest BCUT2D eigenvalue weighted by Gasteiger charge is 2.16. The van der Waals surface area contributed by atoms with Crippen molar-refractivity contribution in [1.29, 1.82) is 0 Å². The molecule has 0 unspecified atom stereocenters. The first-order chi connectivity index (χ1) is 17.3. The molecule has 1 aromatic heterocycles. The molecule has 36 heavy (non-hydrogen) atoms. The fraction of sp³-hybridized carbons (Fsp3) is 0.174. The molecule has 13 heteroatoms. The molecule has 1 heterocycles. The van der Waals surface area contributed by atoms with E-state index in [2.05, 4.69) is 20.8 Å². The third-order valence-electron chi connectivity index (χ3n) is 5.15. The maximum Gasteiger partial charge on any atom is 0.276 e. The lowest BCUT2D eigenvalue weighted by atomic mass is 10.0. The van der Waals surface area contributed by atoms with Crippen LogP contribution in [-0.2, 0) is 6.42 Å². The summed E-state index contributed by atoms with van der Waals surface area (Å²) in [4.78, 5) is 35.8. The average molecular weight is 499 g/mol. The Bertz CT molecular complexity index is 1380. The normalized spacial score (nSPS) is 11.1. The highest BCUT2D eigenvalue weighted by atomic mass is 19.1. The molecular weight excluding hydrogens is 476 g/mol. The number of benzene rings is 2. The van der Waals surface area contributed by atoms with E-state index in [1.807, 2.05) is 0 Å². The molecule has 2 aromatic carbocycles. The van der Waals surface area contributed by atoms with Crippen LogP contribution in [0.25, 0.3) is 0 Å². The number of amides is 1. The van der Waals surface area contributed by atoms with Gasteiger partial charge in [0.05, 0.1) is 12.3 Å². The third kappa shape index (κ3) is 5.81. The molecule has 188 valence electrons. The van der Waals surface area contributed by atoms with Crippen LogP contribution in [0.15, 0.2) is 41.5 Å². The summed E-state index contributed by atoms with van der Waals surface area (Å²) in [6.45, 7) is 0.00722. The first-order valence-corrected chi connectivity index (χ1v) is 10.6. The number of ether oxygens (including phenoxy) is 1. The Morgan fingerprint density at radius 3 is 2.44 bits per heavy atom. The molecule has 0 saturated carbocycles. The van der Waals surface area contributed by atoms with Crippen molar-refractivity contribution in [2.45, 2.75) is 12.8 Å². The van der Waals surface area contributed by atoms with E-state index < -0.39 is 17.5 Å². The topological polar surface area (TPSA) is 167 Å². The lowest BCUT2D eigenvalue weighted by Crippen LogP contribution is -2.33. The number of rotatable bonds is 10. The summed E-state index contributed by atoms with van der Waals surface area (Å²) in [5.74, 6) is 8.44. The molecule has 0 atom stereocenters. The highest BCUT2D eigenvalue weighted by molar-refractivity contribution is 6.05. The summed E-state index contributed by atoms with van der Waals surface area (Å²) < 4.78 is 34.2. The number of hydrogen-bond acceptors (Lipinski definition) is 9. The zero-order valence-corrected chi connectivity index (χ0v) is 19.1. The molecule has 3 rings (SSSR count). The fourth-order valence-electron chi connectivity index (χ4n) is 3.31. The number of carbonyl (C=O) groups is 3. The van der Waals surface area contributed by atoms with Crippen LogP contribution < -0.4 is 32.5 Å². The minimum absolute atomic E-state index is 0.00722. The van der Waals surface area contributed by atoms with Crippen LogP contribution in [0.4, 0.5) is 20.2 Å². The van der Waals surface area contributed by atoms with E-state index in [0.29, 0.717) is 30.2 Å². The molecule has 0 aliphatic carbocycles. The fourth-order valence-corrected chi connectivity index (χ4v) is 3.31. The zero-order chi connectivity index (χ0) is 26.2. The Hall–Kier alpha value is -4.81. The van der Waals surface area contributed by atoms with E-state index in [4.69, 9.17) is 16.4 Å². The molecule has 0 aliphatic heterocycles. The number of hydrogen-bond donors (Lipinski definition) is 4. The Kier molecular flexibility index (Phi) is 8.28. The minimum atomic E-state index is -0.819. The van der Waals surface area contributed by atoms with Crippen LogP contribution in [0.5, 0.6) is 5.75 Å². The van der Waals surface area contributed by atoms with Gasteiger partial charge in [0, 0.05) is 29.9 Å². The van der Waals surface area contributed by atoms with Crippen molar-refractivity contribution in [1.82, 2.24) is 9.89 Å². The van der Waals surface area contributed by atoms with Gasteiger partial charge in [-0.2, -0.15) is 9.89 Å². The van der Waals surface area contributed by atoms with Crippen molar-refractivity contribution in [3.05, 3.63) is 75.9 Å². The summed E-state index contributed by atoms with van der Waals surface area (Å²) in [6, 6.07) is 7.42. The Labute approximate surface area is 203 Å². The molecule has 6 N–H and O–H groups in total. The standard InChI is InChI=1S/C23H23F2N7O4/c1-28-19-9-13(16(24)7-14(19)11-33)3-2-6-36-21-10-20(15(12-34)8-17(21)25)29-23(35)18-4-5-22(30-26)32(27)31-18/h4-5,7-12,28H,2-3,6,26-27H2,1H3,(H,29,35)/b30-22-. The van der Waals surface area contributed by atoms with Crippen LogP contribution >= 0.6 is 0 Å². The monoisotopic (exact) mass is 499 g/mol. The van der Waals surface area contributed by atoms with Gasteiger partial charge in [-0.15, -0.1) is 5.10 Å². The van der Waals surface area contributed by atoms with E-state index in [0.717, 1.165) is 23.0 Å². The average Bonchev–Trinajstić information content (AvgIpc) is 2.88. The van der Waals surface area contributed by atoms with Crippen molar-refractivity contribution < 1.29 is 27.9 Å². The van der Waals surface area contributed by atoms with Crippen molar-refractivity contribution in [3.8, 4) is 5.75 Å². The van der Waals surface area contributed by atoms with Gasteiger partial charge >= 0.3 is 0 Å². The Morgan fingerprint density at radius 2 is 1.81 bits per heavy atom. The van der Waals surface area contributed by atoms with Crippen LogP contribution in [0.1, 0.15) is 43.2 Å². The summed E-state index contributed by atoms with van der Waals surface area (Å²) in [5.41, 5.74) is 0.898. The third-order valence-corrected chi connectivity index (χ3v) is 5.15. The van der Waals surface area contributed by atoms with Crippen LogP contribution in [0.3, 0.4) is 0 Å². The predicted molar refractivity (Wildman–Crippen MR) is 127 cm³/mol. The quantitative estimate of drug-likeness (QED) is 0.141. The van der Waals surface area contributed by atoms with E-state index >= 15 is 0 Å². The smallest absolute Gasteiger partial charge is 0.276 e. The van der Waals surface area contributed by atoms with Gasteiger partial charge in [-0.3, -0.25) is 14.4 Å². The molecule has 3 aromatic rings. The van der Waals surface area contributed by atoms with Crippen molar-refractivity contribution in [3.63, 3.8) is 0 Å². The summed E-state index contributed by atoms with van der Waals surface area (Å²) in [7, 11) is 1.62. The molecule has 0 aliphatic rings. The number of anilines is 2. The number of carbonyl (C=O) groups excluding carboxylic acids is 3. The zero-order valence-electron chi connectivity index (χ0n) is 19.1. The first kappa shape index (κ1) is 25.8. The maximum absolute atomic E-state index is 14.5. The number of nitrogens with zero attached hydrogens (tertiary/aromatic N) is 3. The predicted octanol–water partition coefficient (Wildman–Crippen LogP) is 1.58. The molecule has 0 bridgehead atoms. The van der Waals surface area contributed by atoms with Gasteiger partial charge < -0.3 is 27.1 Å². The Balaban J connectivity index is 1.71. The van der Waals surface area contributed by atoms with E-state index in [-0.39, 0.29) is 46.8 Å². The van der Waals surface area contributed by atoms with E-state index in [1.165, 1.54) is 18.2 Å². The van der Waals surface area contributed by atoms with Crippen molar-refractivity contribution in [2.24, 2.45) is 10.9 Å². The summed E-state index contributed by atoms with van der Waals surface area (Å²) in [6.07, 6.45) is 1.50. The molecule has 11 nitrogen and oxygen atoms in total. The molecule has 0 radical (unpaired) electrons. The molecule has 0 saturated heterocycles. The molecular formula is C23H23F2N7O4. The number of nitrogen functional groups attached to an aromatic ring is 1. The molecule has 0 fully saturated rings. The van der Waals surface area contributed by atoms with Gasteiger partial charge in [0.25, 0.3) is 5.91 Å². The van der Waals surface area contributed by atoms with Crippen LogP contribution in [-0.4, -0.2) is 42.0 Å². The first-order valence-electron chi connectivity index (χ1n) is 10.6. The van der Waals surface area contributed by atoms with Crippen LogP contribution in [0, 0.1) is 11.6 Å². The number of aryl methyl sites for hydroxylation is 1. The second-order valence-electron chi connectivity index (χ2n) is 7.44. The second-order valence-corrected chi connectivity index (χ2v) is 7.44. The number of aromatic nitrogens is 2. The van der Waals surface area contributed by atoms with Crippen molar-refractivity contribution >= 4 is 29.9 Å². The van der Waals surface area contributed by atoms with Gasteiger partial charge in [-0.25, -0.2) is 8.78 Å². The second kappa shape index (κ2) is 11.6. The lowest BCUT2D eigenvalue weighted by Gasteiger charge is -2.13. The van der Waals surface area contributed by atoms with Gasteiger partial charge in [-0.1, -0.05) is 0 Å². The summed E-state index contributed by atoms with van der Waals surface area (Å²) >= 11 is 0. The molecule has 1 amide bonds. The largest absolute Gasteiger partial charge is 0.490 e. The SMILES string of the molecule is CNc1cc(CCCOc2cc(NC(=O)c3cc/c(=N/N)n(N)n3)c(C=O)cc2F)c(F)cc1C=O. The highest BCUT2D eigenvalue weighted by Crippen LogP contribution is 2.27. The van der Waals surface area contributed by atoms with Crippen LogP contribution in [0.2, 0.25) is 0 Å². The number of nitrogens with two attached hydrogens (primary N) is 2. The van der Waals surface area contributed by atoms with E-state index in [1.54, 1.807) is 7.05 Å². The lowest BCUT2D eigenvalue weighted by molar-refractivity contribution is 0.101. The summed E-state index contributed by atoms with van der Waals surface area (Å²) in [5, 5.41) is 12.5.